The summed E-state index contributed by atoms with van der Waals surface area (Å²) in [6.07, 6.45) is 2.36. The van der Waals surface area contributed by atoms with Gasteiger partial charge in [0.25, 0.3) is 0 Å². The zero-order valence-corrected chi connectivity index (χ0v) is 9.21. The molecule has 0 amide bonds. The van der Waals surface area contributed by atoms with Crippen molar-refractivity contribution in [3.8, 4) is 0 Å². The summed E-state index contributed by atoms with van der Waals surface area (Å²) < 4.78 is 0. The van der Waals surface area contributed by atoms with Gasteiger partial charge in [-0.25, -0.2) is 0 Å². The molecule has 0 aliphatic heterocycles. The van der Waals surface area contributed by atoms with Crippen LogP contribution in [0.1, 0.15) is 26.7 Å². The third-order valence-corrected chi connectivity index (χ3v) is 2.19. The van der Waals surface area contributed by atoms with E-state index < -0.39 is 0 Å². The fraction of sp³-hybridized carbons (Fsp3) is 1.00. The predicted octanol–water partition coefficient (Wildman–Crippen LogP) is 0.689. The highest BCUT2D eigenvalue weighted by Gasteiger charge is 2.09. The van der Waals surface area contributed by atoms with Crippen molar-refractivity contribution in [3.05, 3.63) is 0 Å². The first-order chi connectivity index (χ1) is 6.28. The molecule has 0 aliphatic rings. The van der Waals surface area contributed by atoms with Crippen molar-refractivity contribution in [1.82, 2.24) is 10.2 Å². The lowest BCUT2D eigenvalue weighted by Gasteiger charge is -2.25. The van der Waals surface area contributed by atoms with Gasteiger partial charge in [0.15, 0.2) is 0 Å². The van der Waals surface area contributed by atoms with Crippen LogP contribution in [0, 0.1) is 0 Å². The molecule has 2 N–H and O–H groups in total. The summed E-state index contributed by atoms with van der Waals surface area (Å²) in [5.74, 6) is 0. The van der Waals surface area contributed by atoms with Crippen molar-refractivity contribution < 1.29 is 5.11 Å². The molecule has 0 aliphatic carbocycles. The highest BCUT2D eigenvalue weighted by Crippen LogP contribution is 1.96. The van der Waals surface area contributed by atoms with Gasteiger partial charge in [0.05, 0.1) is 6.61 Å². The second-order valence-corrected chi connectivity index (χ2v) is 3.47. The Hall–Kier alpha value is -0.120. The van der Waals surface area contributed by atoms with Crippen LogP contribution in [0.4, 0.5) is 0 Å². The molecular formula is C10H24N2O. The minimum atomic E-state index is 0.220. The van der Waals surface area contributed by atoms with Crippen LogP contribution in [0.2, 0.25) is 0 Å². The normalized spacial score (nSPS) is 13.6. The Balaban J connectivity index is 3.76. The molecule has 0 saturated heterocycles. The third-order valence-electron chi connectivity index (χ3n) is 2.19. The van der Waals surface area contributed by atoms with Crippen molar-refractivity contribution in [3.63, 3.8) is 0 Å². The summed E-state index contributed by atoms with van der Waals surface area (Å²) in [5, 5.41) is 12.1. The number of nitrogens with one attached hydrogen (secondary N) is 1. The molecule has 3 nitrogen and oxygen atoms in total. The van der Waals surface area contributed by atoms with Gasteiger partial charge in [0.1, 0.15) is 0 Å². The molecule has 0 bridgehead atoms. The van der Waals surface area contributed by atoms with Crippen LogP contribution in [-0.2, 0) is 0 Å². The van der Waals surface area contributed by atoms with E-state index in [0.29, 0.717) is 0 Å². The maximum absolute atomic E-state index is 9.02. The lowest BCUT2D eigenvalue weighted by molar-refractivity contribution is 0.186. The summed E-state index contributed by atoms with van der Waals surface area (Å²) in [6.45, 7) is 7.82. The number of rotatable bonds is 8. The fourth-order valence-electron chi connectivity index (χ4n) is 1.48. The van der Waals surface area contributed by atoms with E-state index in [1.807, 2.05) is 7.05 Å². The molecule has 0 aromatic rings. The predicted molar refractivity (Wildman–Crippen MR) is 57.0 cm³/mol. The van der Waals surface area contributed by atoms with Crippen molar-refractivity contribution in [1.29, 1.82) is 0 Å². The molecule has 0 aromatic carbocycles. The Labute approximate surface area is 82.1 Å². The molecule has 0 radical (unpaired) electrons. The van der Waals surface area contributed by atoms with Gasteiger partial charge in [-0.3, -0.25) is 0 Å². The highest BCUT2D eigenvalue weighted by molar-refractivity contribution is 4.69. The highest BCUT2D eigenvalue weighted by atomic mass is 16.3. The van der Waals surface area contributed by atoms with Gasteiger partial charge < -0.3 is 15.3 Å². The topological polar surface area (TPSA) is 35.5 Å². The SMILES string of the molecule is CCCN(CCC)CC(CO)NC. The molecule has 1 unspecified atom stereocenters. The number of likely N-dealkylation sites (N-methyl/N-ethyl adjacent to an activating group) is 1. The number of hydrogen-bond donors (Lipinski definition) is 2. The number of hydrogen-bond acceptors (Lipinski definition) is 3. The van der Waals surface area contributed by atoms with E-state index in [1.54, 1.807) is 0 Å². The van der Waals surface area contributed by atoms with Crippen molar-refractivity contribution in [2.75, 3.05) is 33.3 Å². The van der Waals surface area contributed by atoms with Gasteiger partial charge >= 0.3 is 0 Å². The zero-order chi connectivity index (χ0) is 10.1. The Morgan fingerprint density at radius 2 is 1.77 bits per heavy atom. The smallest absolute Gasteiger partial charge is 0.0597 e. The van der Waals surface area contributed by atoms with Crippen LogP contribution in [0.5, 0.6) is 0 Å². The maximum Gasteiger partial charge on any atom is 0.0597 e. The second kappa shape index (κ2) is 8.48. The molecule has 0 saturated carbocycles. The number of nitrogens with zero attached hydrogens (tertiary/aromatic N) is 1. The van der Waals surface area contributed by atoms with Crippen LogP contribution >= 0.6 is 0 Å². The summed E-state index contributed by atoms with van der Waals surface area (Å²) >= 11 is 0. The molecule has 0 spiro atoms. The zero-order valence-electron chi connectivity index (χ0n) is 9.21. The van der Waals surface area contributed by atoms with Crippen molar-refractivity contribution in [2.45, 2.75) is 32.7 Å². The maximum atomic E-state index is 9.02. The lowest BCUT2D eigenvalue weighted by atomic mass is 10.2. The van der Waals surface area contributed by atoms with E-state index in [2.05, 4.69) is 24.1 Å². The van der Waals surface area contributed by atoms with Gasteiger partial charge in [-0.05, 0) is 33.0 Å². The summed E-state index contributed by atoms with van der Waals surface area (Å²) in [5.41, 5.74) is 0. The quantitative estimate of drug-likeness (QED) is 0.588. The van der Waals surface area contributed by atoms with Crippen LogP contribution in [0.15, 0.2) is 0 Å². The largest absolute Gasteiger partial charge is 0.395 e. The van der Waals surface area contributed by atoms with E-state index >= 15 is 0 Å². The Morgan fingerprint density at radius 1 is 1.23 bits per heavy atom. The van der Waals surface area contributed by atoms with Gasteiger partial charge in [0, 0.05) is 12.6 Å². The average Bonchev–Trinajstić information content (AvgIpc) is 2.14. The second-order valence-electron chi connectivity index (χ2n) is 3.47. The first-order valence-electron chi connectivity index (χ1n) is 5.28. The Morgan fingerprint density at radius 3 is 2.08 bits per heavy atom. The lowest BCUT2D eigenvalue weighted by Crippen LogP contribution is -2.42. The first-order valence-corrected chi connectivity index (χ1v) is 5.28. The molecule has 0 fully saturated rings. The van der Waals surface area contributed by atoms with Gasteiger partial charge in [-0.15, -0.1) is 0 Å². The van der Waals surface area contributed by atoms with E-state index in [9.17, 15) is 0 Å². The standard InChI is InChI=1S/C10H24N2O/c1-4-6-12(7-5-2)8-10(9-13)11-3/h10-11,13H,4-9H2,1-3H3. The van der Waals surface area contributed by atoms with Crippen LogP contribution < -0.4 is 5.32 Å². The fourth-order valence-corrected chi connectivity index (χ4v) is 1.48. The van der Waals surface area contributed by atoms with Gasteiger partial charge in [0.2, 0.25) is 0 Å². The minimum absolute atomic E-state index is 0.220. The minimum Gasteiger partial charge on any atom is -0.395 e. The van der Waals surface area contributed by atoms with Crippen LogP contribution in [0.3, 0.4) is 0 Å². The molecule has 1 atom stereocenters. The number of aliphatic hydroxyl groups is 1. The monoisotopic (exact) mass is 188 g/mol. The summed E-state index contributed by atoms with van der Waals surface area (Å²) in [4.78, 5) is 2.40. The molecule has 0 heterocycles. The van der Waals surface area contributed by atoms with E-state index in [4.69, 9.17) is 5.11 Å². The summed E-state index contributed by atoms with van der Waals surface area (Å²) in [6, 6.07) is 0.220. The van der Waals surface area contributed by atoms with E-state index in [-0.39, 0.29) is 12.6 Å². The number of aliphatic hydroxyl groups excluding tert-OH is 1. The van der Waals surface area contributed by atoms with Crippen molar-refractivity contribution in [2.24, 2.45) is 0 Å². The average molecular weight is 188 g/mol. The van der Waals surface area contributed by atoms with Gasteiger partial charge in [-0.2, -0.15) is 0 Å². The molecule has 0 rings (SSSR count). The molecule has 13 heavy (non-hydrogen) atoms. The molecule has 80 valence electrons. The molecule has 3 heteroatoms. The summed E-state index contributed by atoms with van der Waals surface area (Å²) in [7, 11) is 1.90. The first kappa shape index (κ1) is 12.9. The third kappa shape index (κ3) is 6.02. The van der Waals surface area contributed by atoms with Gasteiger partial charge in [-0.1, -0.05) is 13.8 Å². The van der Waals surface area contributed by atoms with E-state index in [0.717, 1.165) is 19.6 Å². The molecule has 0 aromatic heterocycles. The Kier molecular flexibility index (Phi) is 8.40. The van der Waals surface area contributed by atoms with Crippen LogP contribution in [-0.4, -0.2) is 49.3 Å². The van der Waals surface area contributed by atoms with Crippen molar-refractivity contribution >= 4 is 0 Å². The van der Waals surface area contributed by atoms with Crippen LogP contribution in [0.25, 0.3) is 0 Å². The Bertz CT molecular complexity index is 99.1. The molecular weight excluding hydrogens is 164 g/mol. The van der Waals surface area contributed by atoms with E-state index in [1.165, 1.54) is 12.8 Å².